The normalized spacial score (nSPS) is 11.0. The van der Waals surface area contributed by atoms with Crippen molar-refractivity contribution in [2.24, 2.45) is 0 Å². The third-order valence-corrected chi connectivity index (χ3v) is 3.20. The fraction of sp³-hybridized carbons (Fsp3) is 0.133. The molecule has 3 heteroatoms. The summed E-state index contributed by atoms with van der Waals surface area (Å²) in [7, 11) is 0. The first-order valence-electron chi connectivity index (χ1n) is 5.82. The van der Waals surface area contributed by atoms with Gasteiger partial charge in [0.2, 0.25) is 0 Å². The van der Waals surface area contributed by atoms with E-state index in [9.17, 15) is 5.11 Å². The van der Waals surface area contributed by atoms with Crippen molar-refractivity contribution < 1.29 is 9.63 Å². The number of aromatic hydroxyl groups is 1. The average molecular weight is 239 g/mol. The maximum Gasteiger partial charge on any atom is 0.174 e. The lowest BCUT2D eigenvalue weighted by Gasteiger charge is -2.04. The van der Waals surface area contributed by atoms with Gasteiger partial charge in [0.1, 0.15) is 5.75 Å². The SMILES string of the molecule is Cc1ccc(-c2cccc3c(C)noc23)cc1O. The monoisotopic (exact) mass is 239 g/mol. The molecule has 0 fully saturated rings. The van der Waals surface area contributed by atoms with Gasteiger partial charge in [-0.05, 0) is 37.1 Å². The van der Waals surface area contributed by atoms with Gasteiger partial charge in [0.05, 0.1) is 5.69 Å². The second-order valence-corrected chi connectivity index (χ2v) is 4.45. The van der Waals surface area contributed by atoms with Crippen LogP contribution in [0.15, 0.2) is 40.9 Å². The summed E-state index contributed by atoms with van der Waals surface area (Å²) < 4.78 is 5.37. The van der Waals surface area contributed by atoms with Crippen LogP contribution in [0.4, 0.5) is 0 Å². The maximum atomic E-state index is 9.79. The zero-order valence-electron chi connectivity index (χ0n) is 10.3. The summed E-state index contributed by atoms with van der Waals surface area (Å²) in [5.41, 5.74) is 4.38. The standard InChI is InChI=1S/C15H13NO2/c1-9-6-7-11(8-14(9)17)13-5-3-4-12-10(2)16-18-15(12)13/h3-8,17H,1-2H3. The smallest absolute Gasteiger partial charge is 0.174 e. The highest BCUT2D eigenvalue weighted by Gasteiger charge is 2.11. The van der Waals surface area contributed by atoms with Crippen molar-refractivity contribution in [1.29, 1.82) is 0 Å². The van der Waals surface area contributed by atoms with E-state index < -0.39 is 0 Å². The molecule has 0 aliphatic rings. The summed E-state index contributed by atoms with van der Waals surface area (Å²) in [6, 6.07) is 11.5. The first-order valence-corrected chi connectivity index (χ1v) is 5.82. The number of benzene rings is 2. The largest absolute Gasteiger partial charge is 0.508 e. The predicted octanol–water partition coefficient (Wildman–Crippen LogP) is 3.82. The number of fused-ring (bicyclic) bond motifs is 1. The third-order valence-electron chi connectivity index (χ3n) is 3.20. The van der Waals surface area contributed by atoms with E-state index in [1.165, 1.54) is 0 Å². The molecule has 1 N–H and O–H groups in total. The van der Waals surface area contributed by atoms with E-state index in [1.54, 1.807) is 6.07 Å². The fourth-order valence-corrected chi connectivity index (χ4v) is 2.09. The van der Waals surface area contributed by atoms with E-state index in [2.05, 4.69) is 5.16 Å². The molecule has 3 rings (SSSR count). The van der Waals surface area contributed by atoms with Crippen LogP contribution < -0.4 is 0 Å². The molecule has 90 valence electrons. The Hall–Kier alpha value is -2.29. The molecule has 2 aromatic carbocycles. The molecule has 0 saturated heterocycles. The van der Waals surface area contributed by atoms with Crippen molar-refractivity contribution in [2.75, 3.05) is 0 Å². The van der Waals surface area contributed by atoms with Gasteiger partial charge in [-0.15, -0.1) is 0 Å². The highest BCUT2D eigenvalue weighted by Crippen LogP contribution is 2.32. The Labute approximate surface area is 105 Å². The molecular formula is C15H13NO2. The van der Waals surface area contributed by atoms with Crippen molar-refractivity contribution in [1.82, 2.24) is 5.16 Å². The molecule has 0 aliphatic heterocycles. The topological polar surface area (TPSA) is 46.3 Å². The van der Waals surface area contributed by atoms with Crippen LogP contribution in [0, 0.1) is 13.8 Å². The number of aryl methyl sites for hydroxylation is 2. The Kier molecular flexibility index (Phi) is 2.33. The van der Waals surface area contributed by atoms with Crippen molar-refractivity contribution in [3.8, 4) is 16.9 Å². The van der Waals surface area contributed by atoms with Crippen molar-refractivity contribution >= 4 is 11.0 Å². The van der Waals surface area contributed by atoms with Crippen molar-refractivity contribution in [3.05, 3.63) is 47.7 Å². The van der Waals surface area contributed by atoms with Crippen LogP contribution in [0.1, 0.15) is 11.3 Å². The maximum absolute atomic E-state index is 9.79. The van der Waals surface area contributed by atoms with E-state index in [-0.39, 0.29) is 0 Å². The summed E-state index contributed by atoms with van der Waals surface area (Å²) in [4.78, 5) is 0. The van der Waals surface area contributed by atoms with Gasteiger partial charge in [-0.1, -0.05) is 29.4 Å². The van der Waals surface area contributed by atoms with Crippen molar-refractivity contribution in [2.45, 2.75) is 13.8 Å². The zero-order chi connectivity index (χ0) is 12.7. The summed E-state index contributed by atoms with van der Waals surface area (Å²) in [5.74, 6) is 0.292. The van der Waals surface area contributed by atoms with E-state index in [4.69, 9.17) is 4.52 Å². The van der Waals surface area contributed by atoms with Crippen LogP contribution >= 0.6 is 0 Å². The van der Waals surface area contributed by atoms with Crippen LogP contribution in [-0.2, 0) is 0 Å². The van der Waals surface area contributed by atoms with Gasteiger partial charge in [0, 0.05) is 10.9 Å². The quantitative estimate of drug-likeness (QED) is 0.702. The number of para-hydroxylation sites is 1. The molecule has 3 aromatic rings. The lowest BCUT2D eigenvalue weighted by molar-refractivity contribution is 0.451. The van der Waals surface area contributed by atoms with Gasteiger partial charge >= 0.3 is 0 Å². The third kappa shape index (κ3) is 1.56. The van der Waals surface area contributed by atoms with E-state index in [0.29, 0.717) is 5.75 Å². The molecule has 0 saturated carbocycles. The Morgan fingerprint density at radius 2 is 1.94 bits per heavy atom. The summed E-state index contributed by atoms with van der Waals surface area (Å²) in [6.07, 6.45) is 0. The van der Waals surface area contributed by atoms with Crippen LogP contribution in [0.3, 0.4) is 0 Å². The minimum Gasteiger partial charge on any atom is -0.508 e. The number of hydrogen-bond acceptors (Lipinski definition) is 3. The molecule has 0 amide bonds. The average Bonchev–Trinajstić information content (AvgIpc) is 2.75. The zero-order valence-corrected chi connectivity index (χ0v) is 10.3. The van der Waals surface area contributed by atoms with Gasteiger partial charge in [-0.25, -0.2) is 0 Å². The molecule has 0 unspecified atom stereocenters. The molecule has 1 heterocycles. The Morgan fingerprint density at radius 1 is 1.11 bits per heavy atom. The first kappa shape index (κ1) is 10.8. The Bertz CT molecular complexity index is 728. The summed E-state index contributed by atoms with van der Waals surface area (Å²) in [6.45, 7) is 3.79. The predicted molar refractivity (Wildman–Crippen MR) is 70.6 cm³/mol. The number of phenols is 1. The summed E-state index contributed by atoms with van der Waals surface area (Å²) >= 11 is 0. The lowest BCUT2D eigenvalue weighted by atomic mass is 10.0. The van der Waals surface area contributed by atoms with Crippen LogP contribution in [0.25, 0.3) is 22.1 Å². The van der Waals surface area contributed by atoms with E-state index >= 15 is 0 Å². The molecule has 0 spiro atoms. The molecular weight excluding hydrogens is 226 g/mol. The van der Waals surface area contributed by atoms with Gasteiger partial charge in [0.15, 0.2) is 5.58 Å². The minimum absolute atomic E-state index is 0.292. The summed E-state index contributed by atoms with van der Waals surface area (Å²) in [5, 5.41) is 14.8. The molecule has 0 bridgehead atoms. The van der Waals surface area contributed by atoms with Crippen molar-refractivity contribution in [3.63, 3.8) is 0 Å². The number of nitrogens with zero attached hydrogens (tertiary/aromatic N) is 1. The second kappa shape index (κ2) is 3.88. The number of aromatic nitrogens is 1. The van der Waals surface area contributed by atoms with E-state index in [0.717, 1.165) is 33.4 Å². The Balaban J connectivity index is 2.28. The highest BCUT2D eigenvalue weighted by atomic mass is 16.5. The number of hydrogen-bond donors (Lipinski definition) is 1. The molecule has 0 atom stereocenters. The molecule has 1 aromatic heterocycles. The van der Waals surface area contributed by atoms with Gasteiger partial charge in [-0.3, -0.25) is 0 Å². The van der Waals surface area contributed by atoms with Gasteiger partial charge < -0.3 is 9.63 Å². The fourth-order valence-electron chi connectivity index (χ4n) is 2.09. The van der Waals surface area contributed by atoms with Gasteiger partial charge in [-0.2, -0.15) is 0 Å². The molecule has 0 aliphatic carbocycles. The highest BCUT2D eigenvalue weighted by molar-refractivity contribution is 5.93. The molecule has 18 heavy (non-hydrogen) atoms. The van der Waals surface area contributed by atoms with Gasteiger partial charge in [0.25, 0.3) is 0 Å². The second-order valence-electron chi connectivity index (χ2n) is 4.45. The lowest BCUT2D eigenvalue weighted by Crippen LogP contribution is -1.81. The van der Waals surface area contributed by atoms with Crippen LogP contribution in [0.2, 0.25) is 0 Å². The number of phenolic OH excluding ortho intramolecular Hbond substituents is 1. The Morgan fingerprint density at radius 3 is 2.72 bits per heavy atom. The van der Waals surface area contributed by atoms with Crippen LogP contribution in [-0.4, -0.2) is 10.3 Å². The number of rotatable bonds is 1. The first-order chi connectivity index (χ1) is 8.66. The van der Waals surface area contributed by atoms with E-state index in [1.807, 2.05) is 44.2 Å². The molecule has 0 radical (unpaired) electrons. The molecule has 3 nitrogen and oxygen atoms in total. The minimum atomic E-state index is 0.292. The van der Waals surface area contributed by atoms with Crippen LogP contribution in [0.5, 0.6) is 5.75 Å².